The molecule has 1 saturated heterocycles. The number of esters is 1. The summed E-state index contributed by atoms with van der Waals surface area (Å²) in [6, 6.07) is 0. The van der Waals surface area contributed by atoms with Crippen LogP contribution < -0.4 is 0 Å². The summed E-state index contributed by atoms with van der Waals surface area (Å²) in [6.07, 6.45) is -0.681. The van der Waals surface area contributed by atoms with Crippen LogP contribution in [-0.2, 0) is 23.6 Å². The van der Waals surface area contributed by atoms with Crippen LogP contribution in [0.5, 0.6) is 0 Å². The lowest BCUT2D eigenvalue weighted by Gasteiger charge is -2.08. The lowest BCUT2D eigenvalue weighted by Crippen LogP contribution is -2.14. The van der Waals surface area contributed by atoms with Gasteiger partial charge >= 0.3 is 11.9 Å². The molecule has 6 nitrogen and oxygen atoms in total. The van der Waals surface area contributed by atoms with Gasteiger partial charge in [0.15, 0.2) is 0 Å². The third kappa shape index (κ3) is 11.1. The Morgan fingerprint density at radius 3 is 2.27 bits per heavy atom. The van der Waals surface area contributed by atoms with Gasteiger partial charge in [-0.3, -0.25) is 9.59 Å². The van der Waals surface area contributed by atoms with E-state index < -0.39 is 32.0 Å². The predicted octanol–water partition coefficient (Wildman–Crippen LogP) is 0.556. The summed E-state index contributed by atoms with van der Waals surface area (Å²) in [5, 5.41) is 8.16. The SMILES string of the molecule is C1CO1.CC(OC(=O)CC(=O)O)[PH](C)=O. The molecule has 1 heterocycles. The van der Waals surface area contributed by atoms with E-state index in [1.165, 1.54) is 13.6 Å². The van der Waals surface area contributed by atoms with E-state index >= 15 is 0 Å². The van der Waals surface area contributed by atoms with Crippen LogP contribution in [-0.4, -0.2) is 42.8 Å². The number of rotatable bonds is 4. The third-order valence-corrected chi connectivity index (χ3v) is 2.64. The number of carbonyl (C=O) groups excluding carboxylic acids is 1. The Balaban J connectivity index is 0.000000548. The monoisotopic (exact) mass is 238 g/mol. The van der Waals surface area contributed by atoms with Crippen molar-refractivity contribution in [2.45, 2.75) is 19.2 Å². The van der Waals surface area contributed by atoms with Gasteiger partial charge in [0.1, 0.15) is 20.1 Å². The Morgan fingerprint density at radius 1 is 1.53 bits per heavy atom. The minimum Gasteiger partial charge on any atom is -0.481 e. The molecule has 0 saturated carbocycles. The average Bonchev–Trinajstić information content (AvgIpc) is 2.86. The van der Waals surface area contributed by atoms with Crippen LogP contribution in [0.1, 0.15) is 13.3 Å². The second kappa shape index (κ2) is 7.43. The topological polar surface area (TPSA) is 93.2 Å². The van der Waals surface area contributed by atoms with Crippen LogP contribution in [0.25, 0.3) is 0 Å². The van der Waals surface area contributed by atoms with E-state index in [4.69, 9.17) is 5.11 Å². The van der Waals surface area contributed by atoms with Crippen LogP contribution in [0, 0.1) is 0 Å². The quantitative estimate of drug-likeness (QED) is 0.333. The summed E-state index contributed by atoms with van der Waals surface area (Å²) in [5.41, 5.74) is 0. The van der Waals surface area contributed by atoms with E-state index in [0.717, 1.165) is 13.2 Å². The smallest absolute Gasteiger partial charge is 0.317 e. The van der Waals surface area contributed by atoms with E-state index in [2.05, 4.69) is 9.47 Å². The Kier molecular flexibility index (Phi) is 6.99. The van der Waals surface area contributed by atoms with Gasteiger partial charge in [0.25, 0.3) is 0 Å². The van der Waals surface area contributed by atoms with E-state index in [-0.39, 0.29) is 0 Å². The maximum Gasteiger partial charge on any atom is 0.317 e. The highest BCUT2D eigenvalue weighted by molar-refractivity contribution is 7.44. The maximum atomic E-state index is 10.7. The summed E-state index contributed by atoms with van der Waals surface area (Å²) in [6.45, 7) is 4.92. The number of aliphatic carboxylic acids is 1. The molecule has 0 aromatic carbocycles. The number of hydrogen-bond acceptors (Lipinski definition) is 5. The van der Waals surface area contributed by atoms with Crippen molar-refractivity contribution in [3.63, 3.8) is 0 Å². The van der Waals surface area contributed by atoms with Crippen molar-refractivity contribution >= 4 is 19.7 Å². The molecule has 0 aromatic rings. The number of epoxide rings is 1. The van der Waals surface area contributed by atoms with E-state index in [1.807, 2.05) is 0 Å². The number of carboxylic acids is 1. The van der Waals surface area contributed by atoms with Crippen molar-refractivity contribution in [3.8, 4) is 0 Å². The van der Waals surface area contributed by atoms with E-state index in [1.54, 1.807) is 0 Å². The van der Waals surface area contributed by atoms with Gasteiger partial charge in [-0.2, -0.15) is 0 Å². The van der Waals surface area contributed by atoms with Gasteiger partial charge < -0.3 is 19.1 Å². The molecule has 7 heteroatoms. The van der Waals surface area contributed by atoms with E-state index in [0.29, 0.717) is 0 Å². The first-order valence-electron chi connectivity index (χ1n) is 4.43. The first kappa shape index (κ1) is 14.1. The highest BCUT2D eigenvalue weighted by atomic mass is 31.1. The van der Waals surface area contributed by atoms with Crippen molar-refractivity contribution in [2.24, 2.45) is 0 Å². The van der Waals surface area contributed by atoms with Crippen molar-refractivity contribution < 1.29 is 28.7 Å². The Labute approximate surface area is 88.3 Å². The standard InChI is InChI=1S/C6H11O5P.C2H4O/c1-4(12(2)10)11-6(9)3-5(7)8;1-2-3-1/h4,12H,3H2,1-2H3,(H,7,8);1-2H2. The third-order valence-electron chi connectivity index (χ3n) is 1.38. The molecule has 1 rings (SSSR count). The van der Waals surface area contributed by atoms with Gasteiger partial charge in [-0.1, -0.05) is 0 Å². The molecule has 1 aliphatic rings. The van der Waals surface area contributed by atoms with Crippen LogP contribution in [0.2, 0.25) is 0 Å². The molecule has 1 fully saturated rings. The zero-order valence-corrected chi connectivity index (χ0v) is 9.69. The fourth-order valence-corrected chi connectivity index (χ4v) is 0.743. The molecule has 2 unspecified atom stereocenters. The van der Waals surface area contributed by atoms with Crippen molar-refractivity contribution in [2.75, 3.05) is 19.9 Å². The number of ether oxygens (including phenoxy) is 2. The number of carbonyl (C=O) groups is 2. The molecule has 1 N–H and O–H groups in total. The molecule has 0 amide bonds. The van der Waals surface area contributed by atoms with Gasteiger partial charge in [-0.25, -0.2) is 0 Å². The molecular formula is C8H15O6P. The van der Waals surface area contributed by atoms with Crippen molar-refractivity contribution in [3.05, 3.63) is 0 Å². The van der Waals surface area contributed by atoms with Gasteiger partial charge in [0.05, 0.1) is 13.2 Å². The summed E-state index contributed by atoms with van der Waals surface area (Å²) in [4.78, 5) is 20.6. The van der Waals surface area contributed by atoms with E-state index in [9.17, 15) is 14.2 Å². The summed E-state index contributed by atoms with van der Waals surface area (Å²) in [7, 11) is -1.93. The summed E-state index contributed by atoms with van der Waals surface area (Å²) < 4.78 is 19.8. The molecule has 0 aromatic heterocycles. The zero-order valence-electron chi connectivity index (χ0n) is 8.69. The second-order valence-electron chi connectivity index (χ2n) is 2.93. The average molecular weight is 238 g/mol. The van der Waals surface area contributed by atoms with Crippen LogP contribution >= 0.6 is 7.80 Å². The highest BCUT2D eigenvalue weighted by Crippen LogP contribution is 2.23. The molecule has 2 atom stereocenters. The van der Waals surface area contributed by atoms with Gasteiger partial charge in [0, 0.05) is 0 Å². The Bertz CT molecular complexity index is 247. The fourth-order valence-electron chi connectivity index (χ4n) is 0.445. The predicted molar refractivity (Wildman–Crippen MR) is 53.6 cm³/mol. The second-order valence-corrected chi connectivity index (χ2v) is 4.96. The maximum absolute atomic E-state index is 10.7. The molecule has 1 aliphatic heterocycles. The summed E-state index contributed by atoms with van der Waals surface area (Å²) >= 11 is 0. The zero-order chi connectivity index (χ0) is 11.8. The lowest BCUT2D eigenvalue weighted by molar-refractivity contribution is -0.152. The molecule has 88 valence electrons. The Morgan fingerprint density at radius 2 is 2.00 bits per heavy atom. The summed E-state index contributed by atoms with van der Waals surface area (Å²) in [5.74, 6) is -2.78. The van der Waals surface area contributed by atoms with Crippen LogP contribution in [0.15, 0.2) is 0 Å². The van der Waals surface area contributed by atoms with Gasteiger partial charge in [-0.05, 0) is 13.6 Å². The van der Waals surface area contributed by atoms with Crippen LogP contribution in [0.4, 0.5) is 0 Å². The number of hydrogen-bond donors (Lipinski definition) is 1. The fraction of sp³-hybridized carbons (Fsp3) is 0.750. The largest absolute Gasteiger partial charge is 0.481 e. The minimum atomic E-state index is -1.93. The molecular weight excluding hydrogens is 223 g/mol. The molecule has 0 spiro atoms. The molecule has 0 bridgehead atoms. The van der Waals surface area contributed by atoms with Crippen molar-refractivity contribution in [1.29, 1.82) is 0 Å². The molecule has 0 aliphatic carbocycles. The normalized spacial score (nSPS) is 16.7. The number of carboxylic acid groups (broad SMARTS) is 1. The minimum absolute atomic E-state index is 0.679. The first-order valence-corrected chi connectivity index (χ1v) is 6.41. The van der Waals surface area contributed by atoms with Gasteiger partial charge in [0.2, 0.25) is 0 Å². The first-order chi connectivity index (χ1) is 6.93. The lowest BCUT2D eigenvalue weighted by atomic mass is 10.4. The molecule has 0 radical (unpaired) electrons. The van der Waals surface area contributed by atoms with Crippen molar-refractivity contribution in [1.82, 2.24) is 0 Å². The highest BCUT2D eigenvalue weighted by Gasteiger charge is 2.14. The van der Waals surface area contributed by atoms with Crippen LogP contribution in [0.3, 0.4) is 0 Å². The van der Waals surface area contributed by atoms with Gasteiger partial charge in [-0.15, -0.1) is 0 Å². The Hall–Kier alpha value is -0.870. The molecule has 15 heavy (non-hydrogen) atoms.